The lowest BCUT2D eigenvalue weighted by Gasteiger charge is -2.34. The minimum absolute atomic E-state index is 0.0219. The molecule has 0 bridgehead atoms. The molecule has 0 spiro atoms. The van der Waals surface area contributed by atoms with Gasteiger partial charge in [-0.3, -0.25) is 4.79 Å². The lowest BCUT2D eigenvalue weighted by Crippen LogP contribution is -2.51. The van der Waals surface area contributed by atoms with Crippen molar-refractivity contribution in [1.82, 2.24) is 9.21 Å². The van der Waals surface area contributed by atoms with E-state index in [9.17, 15) is 13.2 Å². The number of aryl methyl sites for hydroxylation is 1. The zero-order valence-electron chi connectivity index (χ0n) is 15.5. The molecule has 6 nitrogen and oxygen atoms in total. The molecular weight excluding hydrogens is 362 g/mol. The van der Waals surface area contributed by atoms with Crippen molar-refractivity contribution in [2.45, 2.75) is 18.2 Å². The van der Waals surface area contributed by atoms with Gasteiger partial charge in [0, 0.05) is 31.9 Å². The molecule has 0 aliphatic carbocycles. The Labute approximate surface area is 160 Å². The monoisotopic (exact) mass is 387 g/mol. The maximum atomic E-state index is 12.6. The standard InChI is InChI=1S/C20H25N3O3S/c1-2-17-8-10-18(11-9-17)21-16-20(24)22-12-14-23(15-13-22)27(25,26)19-6-4-3-5-7-19/h3-11,21H,2,12-16H2,1H3. The first kappa shape index (κ1) is 19.4. The fourth-order valence-electron chi connectivity index (χ4n) is 3.07. The Morgan fingerprint density at radius 1 is 0.963 bits per heavy atom. The second kappa shape index (κ2) is 8.54. The minimum atomic E-state index is -3.49. The highest BCUT2D eigenvalue weighted by Crippen LogP contribution is 2.17. The Morgan fingerprint density at radius 3 is 2.19 bits per heavy atom. The van der Waals surface area contributed by atoms with E-state index in [-0.39, 0.29) is 12.5 Å². The van der Waals surface area contributed by atoms with Crippen molar-refractivity contribution >= 4 is 21.6 Å². The number of sulfonamides is 1. The van der Waals surface area contributed by atoms with E-state index in [1.54, 1.807) is 35.2 Å². The van der Waals surface area contributed by atoms with Gasteiger partial charge in [0.25, 0.3) is 0 Å². The summed E-state index contributed by atoms with van der Waals surface area (Å²) in [6.45, 7) is 3.74. The molecule has 1 saturated heterocycles. The fraction of sp³-hybridized carbons (Fsp3) is 0.350. The molecule has 1 aliphatic heterocycles. The van der Waals surface area contributed by atoms with Crippen molar-refractivity contribution in [3.63, 3.8) is 0 Å². The first-order valence-corrected chi connectivity index (χ1v) is 10.6. The van der Waals surface area contributed by atoms with Gasteiger partial charge in [0.05, 0.1) is 11.4 Å². The summed E-state index contributed by atoms with van der Waals surface area (Å²) in [5.74, 6) is -0.0219. The quantitative estimate of drug-likeness (QED) is 0.825. The number of amides is 1. The summed E-state index contributed by atoms with van der Waals surface area (Å²) in [5, 5.41) is 3.14. The van der Waals surface area contributed by atoms with Crippen molar-refractivity contribution in [2.24, 2.45) is 0 Å². The zero-order valence-corrected chi connectivity index (χ0v) is 16.3. The Bertz CT molecular complexity index is 859. The van der Waals surface area contributed by atoms with Gasteiger partial charge >= 0.3 is 0 Å². The molecule has 27 heavy (non-hydrogen) atoms. The van der Waals surface area contributed by atoms with Crippen molar-refractivity contribution in [3.05, 3.63) is 60.2 Å². The molecule has 0 saturated carbocycles. The molecule has 1 heterocycles. The van der Waals surface area contributed by atoms with Gasteiger partial charge in [0.15, 0.2) is 0 Å². The maximum absolute atomic E-state index is 12.6. The molecular formula is C20H25N3O3S. The number of carbonyl (C=O) groups excluding carboxylic acids is 1. The average molecular weight is 388 g/mol. The van der Waals surface area contributed by atoms with Gasteiger partial charge in [-0.2, -0.15) is 4.31 Å². The average Bonchev–Trinajstić information content (AvgIpc) is 2.73. The number of rotatable bonds is 6. The highest BCUT2D eigenvalue weighted by Gasteiger charge is 2.29. The topological polar surface area (TPSA) is 69.7 Å². The minimum Gasteiger partial charge on any atom is -0.376 e. The van der Waals surface area contributed by atoms with Crippen LogP contribution in [0.3, 0.4) is 0 Å². The molecule has 0 radical (unpaired) electrons. The van der Waals surface area contributed by atoms with Gasteiger partial charge in [0.2, 0.25) is 15.9 Å². The molecule has 7 heteroatoms. The Hall–Kier alpha value is -2.38. The molecule has 1 N–H and O–H groups in total. The third-order valence-electron chi connectivity index (χ3n) is 4.78. The molecule has 0 atom stereocenters. The molecule has 0 aromatic heterocycles. The highest BCUT2D eigenvalue weighted by atomic mass is 32.2. The Morgan fingerprint density at radius 2 is 1.59 bits per heavy atom. The van der Waals surface area contributed by atoms with Gasteiger partial charge in [-0.25, -0.2) is 8.42 Å². The largest absolute Gasteiger partial charge is 0.376 e. The number of benzene rings is 2. The van der Waals surface area contributed by atoms with Gasteiger partial charge in [-0.05, 0) is 36.2 Å². The second-order valence-electron chi connectivity index (χ2n) is 6.50. The van der Waals surface area contributed by atoms with Crippen molar-refractivity contribution in [1.29, 1.82) is 0 Å². The van der Waals surface area contributed by atoms with E-state index in [0.29, 0.717) is 31.1 Å². The SMILES string of the molecule is CCc1ccc(NCC(=O)N2CCN(S(=O)(=O)c3ccccc3)CC2)cc1. The second-order valence-corrected chi connectivity index (χ2v) is 8.44. The third-order valence-corrected chi connectivity index (χ3v) is 6.69. The van der Waals surface area contributed by atoms with Crippen LogP contribution in [0.25, 0.3) is 0 Å². The number of carbonyl (C=O) groups is 1. The van der Waals surface area contributed by atoms with Crippen LogP contribution in [0.5, 0.6) is 0 Å². The summed E-state index contributed by atoms with van der Waals surface area (Å²) in [4.78, 5) is 14.4. The van der Waals surface area contributed by atoms with Crippen LogP contribution in [0.15, 0.2) is 59.5 Å². The van der Waals surface area contributed by atoms with E-state index < -0.39 is 10.0 Å². The molecule has 1 aliphatic rings. The van der Waals surface area contributed by atoms with Crippen molar-refractivity contribution < 1.29 is 13.2 Å². The van der Waals surface area contributed by atoms with E-state index in [1.165, 1.54) is 9.87 Å². The summed E-state index contributed by atoms with van der Waals surface area (Å²) in [6.07, 6.45) is 0.982. The van der Waals surface area contributed by atoms with E-state index >= 15 is 0 Å². The molecule has 3 rings (SSSR count). The maximum Gasteiger partial charge on any atom is 0.243 e. The number of nitrogens with zero attached hydrogens (tertiary/aromatic N) is 2. The summed E-state index contributed by atoms with van der Waals surface area (Å²) in [7, 11) is -3.49. The fourth-order valence-corrected chi connectivity index (χ4v) is 4.51. The van der Waals surface area contributed by atoms with Crippen LogP contribution in [0.4, 0.5) is 5.69 Å². The van der Waals surface area contributed by atoms with E-state index in [0.717, 1.165) is 12.1 Å². The Balaban J connectivity index is 1.51. The number of nitrogens with one attached hydrogen (secondary N) is 1. The van der Waals surface area contributed by atoms with Gasteiger partial charge in [-0.15, -0.1) is 0 Å². The van der Waals surface area contributed by atoms with Gasteiger partial charge < -0.3 is 10.2 Å². The molecule has 144 valence electrons. The smallest absolute Gasteiger partial charge is 0.243 e. The van der Waals surface area contributed by atoms with Crippen LogP contribution in [0.1, 0.15) is 12.5 Å². The molecule has 2 aromatic rings. The van der Waals surface area contributed by atoms with Crippen molar-refractivity contribution in [2.75, 3.05) is 38.0 Å². The summed E-state index contributed by atoms with van der Waals surface area (Å²) in [6, 6.07) is 16.4. The number of hydrogen-bond acceptors (Lipinski definition) is 4. The van der Waals surface area contributed by atoms with Crippen molar-refractivity contribution in [3.8, 4) is 0 Å². The lowest BCUT2D eigenvalue weighted by atomic mass is 10.1. The van der Waals surface area contributed by atoms with Gasteiger partial charge in [0.1, 0.15) is 0 Å². The van der Waals surface area contributed by atoms with Crippen LogP contribution < -0.4 is 5.32 Å². The predicted octanol–water partition coefficient (Wildman–Crippen LogP) is 2.19. The van der Waals surface area contributed by atoms with E-state index in [2.05, 4.69) is 12.2 Å². The molecule has 1 amide bonds. The predicted molar refractivity (Wildman–Crippen MR) is 106 cm³/mol. The van der Waals surface area contributed by atoms with Crippen LogP contribution in [-0.4, -0.2) is 56.3 Å². The zero-order chi connectivity index (χ0) is 19.3. The molecule has 0 unspecified atom stereocenters. The summed E-state index contributed by atoms with van der Waals surface area (Å²) >= 11 is 0. The molecule has 2 aromatic carbocycles. The number of anilines is 1. The number of piperazine rings is 1. The summed E-state index contributed by atoms with van der Waals surface area (Å²) in [5.41, 5.74) is 2.16. The molecule has 1 fully saturated rings. The van der Waals surface area contributed by atoms with Gasteiger partial charge in [-0.1, -0.05) is 37.3 Å². The Kier molecular flexibility index (Phi) is 6.13. The van der Waals surface area contributed by atoms with E-state index in [4.69, 9.17) is 0 Å². The van der Waals surface area contributed by atoms with E-state index in [1.807, 2.05) is 24.3 Å². The normalized spacial score (nSPS) is 15.5. The van der Waals surface area contributed by atoms with Crippen LogP contribution in [-0.2, 0) is 21.2 Å². The third kappa shape index (κ3) is 4.67. The lowest BCUT2D eigenvalue weighted by molar-refractivity contribution is -0.130. The number of hydrogen-bond donors (Lipinski definition) is 1. The van der Waals surface area contributed by atoms with Crippen LogP contribution in [0, 0.1) is 0 Å². The van der Waals surface area contributed by atoms with Crippen LogP contribution in [0.2, 0.25) is 0 Å². The van der Waals surface area contributed by atoms with Crippen LogP contribution >= 0.6 is 0 Å². The first-order chi connectivity index (χ1) is 13.0. The highest BCUT2D eigenvalue weighted by molar-refractivity contribution is 7.89. The summed E-state index contributed by atoms with van der Waals surface area (Å²) < 4.78 is 26.7. The first-order valence-electron chi connectivity index (χ1n) is 9.16.